The molecule has 6 heteroatoms. The molecule has 1 unspecified atom stereocenters. The largest absolute Gasteiger partial charge is 0.493 e. The lowest BCUT2D eigenvalue weighted by Crippen LogP contribution is -2.29. The number of hydrogen-bond donors (Lipinski definition) is 3. The number of nitrogen functional groups attached to an aromatic ring is 1. The fourth-order valence-electron chi connectivity index (χ4n) is 1.40. The third kappa shape index (κ3) is 6.47. The van der Waals surface area contributed by atoms with Crippen molar-refractivity contribution in [2.75, 3.05) is 18.1 Å². The zero-order chi connectivity index (χ0) is 14.1. The molecule has 0 saturated carbocycles. The second kappa shape index (κ2) is 8.79. The zero-order valence-corrected chi connectivity index (χ0v) is 11.9. The van der Waals surface area contributed by atoms with Gasteiger partial charge in [0.1, 0.15) is 5.75 Å². The van der Waals surface area contributed by atoms with Gasteiger partial charge in [-0.2, -0.15) is 11.8 Å². The smallest absolute Gasteiger partial charge is 0.265 e. The Kier molecular flexibility index (Phi) is 7.32. The Morgan fingerprint density at radius 3 is 2.95 bits per heavy atom. The SMILES string of the molecule is CC(N)CCSCCOc1cccc(C(=O)NN)c1. The van der Waals surface area contributed by atoms with Crippen LogP contribution in [0.25, 0.3) is 0 Å². The van der Waals surface area contributed by atoms with Gasteiger partial charge in [0, 0.05) is 17.4 Å². The van der Waals surface area contributed by atoms with Crippen LogP contribution in [0.5, 0.6) is 5.75 Å². The van der Waals surface area contributed by atoms with Gasteiger partial charge in [0.25, 0.3) is 5.91 Å². The molecule has 0 aliphatic heterocycles. The summed E-state index contributed by atoms with van der Waals surface area (Å²) >= 11 is 1.81. The highest BCUT2D eigenvalue weighted by Crippen LogP contribution is 2.14. The van der Waals surface area contributed by atoms with Crippen LogP contribution in [0.1, 0.15) is 23.7 Å². The normalized spacial score (nSPS) is 11.9. The molecule has 1 aromatic carbocycles. The number of carbonyl (C=O) groups excluding carboxylic acids is 1. The first-order valence-electron chi connectivity index (χ1n) is 6.20. The first kappa shape index (κ1) is 15.8. The molecule has 1 atom stereocenters. The number of hydrazine groups is 1. The van der Waals surface area contributed by atoms with E-state index >= 15 is 0 Å². The molecule has 0 saturated heterocycles. The molecule has 5 nitrogen and oxygen atoms in total. The minimum Gasteiger partial charge on any atom is -0.493 e. The minimum absolute atomic E-state index is 0.250. The van der Waals surface area contributed by atoms with Gasteiger partial charge in [-0.25, -0.2) is 5.84 Å². The first-order chi connectivity index (χ1) is 9.13. The molecule has 1 amide bonds. The predicted octanol–water partition coefficient (Wildman–Crippen LogP) is 1.14. The van der Waals surface area contributed by atoms with Gasteiger partial charge in [-0.15, -0.1) is 0 Å². The summed E-state index contributed by atoms with van der Waals surface area (Å²) in [6.07, 6.45) is 1.01. The van der Waals surface area contributed by atoms with Crippen molar-refractivity contribution in [3.8, 4) is 5.75 Å². The second-order valence-corrected chi connectivity index (χ2v) is 5.45. The van der Waals surface area contributed by atoms with Crippen molar-refractivity contribution in [2.45, 2.75) is 19.4 Å². The lowest BCUT2D eigenvalue weighted by molar-refractivity contribution is 0.0953. The molecule has 0 radical (unpaired) electrons. The Bertz CT molecular complexity index is 399. The Morgan fingerprint density at radius 1 is 1.47 bits per heavy atom. The maximum atomic E-state index is 11.3. The van der Waals surface area contributed by atoms with Crippen LogP contribution < -0.4 is 21.7 Å². The lowest BCUT2D eigenvalue weighted by Gasteiger charge is -2.08. The second-order valence-electron chi connectivity index (χ2n) is 4.23. The van der Waals surface area contributed by atoms with Crippen LogP contribution in [-0.2, 0) is 0 Å². The summed E-state index contributed by atoms with van der Waals surface area (Å²) in [5, 5.41) is 0. The molecule has 0 aliphatic rings. The average Bonchev–Trinajstić information content (AvgIpc) is 2.41. The van der Waals surface area contributed by atoms with E-state index in [1.54, 1.807) is 18.2 Å². The van der Waals surface area contributed by atoms with E-state index in [0.717, 1.165) is 17.9 Å². The van der Waals surface area contributed by atoms with E-state index in [1.165, 1.54) is 0 Å². The summed E-state index contributed by atoms with van der Waals surface area (Å²) in [5.74, 6) is 7.37. The van der Waals surface area contributed by atoms with E-state index < -0.39 is 0 Å². The van der Waals surface area contributed by atoms with Crippen LogP contribution in [0.15, 0.2) is 24.3 Å². The number of carbonyl (C=O) groups is 1. The summed E-state index contributed by atoms with van der Waals surface area (Å²) in [4.78, 5) is 11.3. The first-order valence-corrected chi connectivity index (χ1v) is 7.36. The maximum absolute atomic E-state index is 11.3. The van der Waals surface area contributed by atoms with Gasteiger partial charge in [0.05, 0.1) is 6.61 Å². The number of nitrogens with two attached hydrogens (primary N) is 2. The Hall–Kier alpha value is -1.24. The highest BCUT2D eigenvalue weighted by molar-refractivity contribution is 7.99. The molecule has 0 spiro atoms. The number of nitrogens with one attached hydrogen (secondary N) is 1. The van der Waals surface area contributed by atoms with Gasteiger partial charge in [0.2, 0.25) is 0 Å². The quantitative estimate of drug-likeness (QED) is 0.288. The summed E-state index contributed by atoms with van der Waals surface area (Å²) < 4.78 is 5.58. The van der Waals surface area contributed by atoms with Gasteiger partial charge in [-0.05, 0) is 37.3 Å². The third-order valence-electron chi connectivity index (χ3n) is 2.44. The highest BCUT2D eigenvalue weighted by atomic mass is 32.2. The molecule has 1 rings (SSSR count). The van der Waals surface area contributed by atoms with E-state index in [1.807, 2.05) is 24.8 Å². The molecule has 0 heterocycles. The predicted molar refractivity (Wildman–Crippen MR) is 79.2 cm³/mol. The van der Waals surface area contributed by atoms with Gasteiger partial charge in [-0.1, -0.05) is 6.07 Å². The summed E-state index contributed by atoms with van der Waals surface area (Å²) in [5.41, 5.74) is 8.25. The van der Waals surface area contributed by atoms with Crippen molar-refractivity contribution in [3.63, 3.8) is 0 Å². The van der Waals surface area contributed by atoms with Crippen LogP contribution in [0, 0.1) is 0 Å². The van der Waals surface area contributed by atoms with Crippen LogP contribution in [0.4, 0.5) is 0 Å². The summed E-state index contributed by atoms with van der Waals surface area (Å²) in [6, 6.07) is 7.20. The Balaban J connectivity index is 2.27. The fraction of sp³-hybridized carbons (Fsp3) is 0.462. The molecule has 5 N–H and O–H groups in total. The number of amides is 1. The van der Waals surface area contributed by atoms with Crippen molar-refractivity contribution in [1.29, 1.82) is 0 Å². The molecular weight excluding hydrogens is 262 g/mol. The molecule has 1 aromatic rings. The monoisotopic (exact) mass is 283 g/mol. The van der Waals surface area contributed by atoms with E-state index in [-0.39, 0.29) is 11.9 Å². The molecule has 0 aliphatic carbocycles. The van der Waals surface area contributed by atoms with Crippen molar-refractivity contribution >= 4 is 17.7 Å². The minimum atomic E-state index is -0.322. The maximum Gasteiger partial charge on any atom is 0.265 e. The van der Waals surface area contributed by atoms with Crippen LogP contribution in [0.2, 0.25) is 0 Å². The molecule has 0 fully saturated rings. The number of hydrogen-bond acceptors (Lipinski definition) is 5. The molecule has 0 bridgehead atoms. The molecule has 106 valence electrons. The number of ether oxygens (including phenoxy) is 1. The zero-order valence-electron chi connectivity index (χ0n) is 11.1. The van der Waals surface area contributed by atoms with E-state index in [4.69, 9.17) is 16.3 Å². The van der Waals surface area contributed by atoms with Gasteiger partial charge in [0.15, 0.2) is 0 Å². The molecule has 0 aromatic heterocycles. The lowest BCUT2D eigenvalue weighted by atomic mass is 10.2. The van der Waals surface area contributed by atoms with Crippen LogP contribution >= 0.6 is 11.8 Å². The van der Waals surface area contributed by atoms with Crippen molar-refractivity contribution in [1.82, 2.24) is 5.43 Å². The fourth-order valence-corrected chi connectivity index (χ4v) is 2.34. The third-order valence-corrected chi connectivity index (χ3v) is 3.42. The van der Waals surface area contributed by atoms with Gasteiger partial charge in [-0.3, -0.25) is 10.2 Å². The summed E-state index contributed by atoms with van der Waals surface area (Å²) in [7, 11) is 0. The van der Waals surface area contributed by atoms with E-state index in [9.17, 15) is 4.79 Å². The Labute approximate surface area is 118 Å². The number of rotatable bonds is 8. The number of thioether (sulfide) groups is 1. The average molecular weight is 283 g/mol. The molecular formula is C13H21N3O2S. The topological polar surface area (TPSA) is 90.4 Å². The van der Waals surface area contributed by atoms with Crippen LogP contribution in [-0.4, -0.2) is 30.1 Å². The van der Waals surface area contributed by atoms with Crippen LogP contribution in [0.3, 0.4) is 0 Å². The van der Waals surface area contributed by atoms with Crippen molar-refractivity contribution in [3.05, 3.63) is 29.8 Å². The van der Waals surface area contributed by atoms with Crippen molar-refractivity contribution in [2.24, 2.45) is 11.6 Å². The summed E-state index contributed by atoms with van der Waals surface area (Å²) in [6.45, 7) is 2.61. The van der Waals surface area contributed by atoms with E-state index in [0.29, 0.717) is 17.9 Å². The molecule has 19 heavy (non-hydrogen) atoms. The van der Waals surface area contributed by atoms with E-state index in [2.05, 4.69) is 5.43 Å². The number of benzene rings is 1. The highest BCUT2D eigenvalue weighted by Gasteiger charge is 2.04. The van der Waals surface area contributed by atoms with Crippen molar-refractivity contribution < 1.29 is 9.53 Å². The standard InChI is InChI=1S/C13H21N3O2S/c1-10(14)5-7-19-8-6-18-12-4-2-3-11(9-12)13(17)16-15/h2-4,9-10H,5-8,14-15H2,1H3,(H,16,17). The van der Waals surface area contributed by atoms with Gasteiger partial charge < -0.3 is 10.5 Å². The van der Waals surface area contributed by atoms with Gasteiger partial charge >= 0.3 is 0 Å². The Morgan fingerprint density at radius 2 is 2.26 bits per heavy atom.